The summed E-state index contributed by atoms with van der Waals surface area (Å²) in [7, 11) is 3.30. The van der Waals surface area contributed by atoms with Gasteiger partial charge in [0.2, 0.25) is 0 Å². The zero-order chi connectivity index (χ0) is 22.2. The van der Waals surface area contributed by atoms with Crippen LogP contribution >= 0.6 is 0 Å². The van der Waals surface area contributed by atoms with Crippen molar-refractivity contribution in [3.8, 4) is 11.5 Å². The number of carbonyl (C=O) groups excluding carboxylic acids is 1. The maximum Gasteiger partial charge on any atom is 0.163 e. The van der Waals surface area contributed by atoms with Crippen molar-refractivity contribution in [2.45, 2.75) is 31.7 Å². The number of hydrogen-bond acceptors (Lipinski definition) is 6. The number of methoxy groups -OCH3 is 2. The number of allylic oxidation sites excluding steroid dienone is 1. The number of benzene rings is 2. The largest absolute Gasteiger partial charge is 0.497 e. The van der Waals surface area contributed by atoms with E-state index in [9.17, 15) is 4.79 Å². The predicted molar refractivity (Wildman–Crippen MR) is 123 cm³/mol. The average molecular weight is 431 g/mol. The van der Waals surface area contributed by atoms with E-state index in [2.05, 4.69) is 10.6 Å². The van der Waals surface area contributed by atoms with Crippen LogP contribution in [0.4, 0.5) is 11.4 Å². The molecule has 2 unspecified atom stereocenters. The standard InChI is InChI=1S/C26H26N2O4/c1-15-8-10-24(32-15)26-25-21(27-19-6-4-5-7-20(19)28-26)12-16(13-22(25)29)18-14-17(30-2)9-11-23(18)31-3/h4-11,14,16,26-28H,12-13H2,1-3H3. The number of fused-ring (bicyclic) bond motifs is 1. The highest BCUT2D eigenvalue weighted by Gasteiger charge is 2.38. The molecule has 0 fully saturated rings. The van der Waals surface area contributed by atoms with E-state index in [1.807, 2.05) is 61.5 Å². The topological polar surface area (TPSA) is 72.7 Å². The van der Waals surface area contributed by atoms with Gasteiger partial charge in [-0.1, -0.05) is 12.1 Å². The Morgan fingerprint density at radius 1 is 0.969 bits per heavy atom. The Morgan fingerprint density at radius 2 is 1.78 bits per heavy atom. The van der Waals surface area contributed by atoms with Crippen LogP contribution in [0.1, 0.15) is 41.9 Å². The Kier molecular flexibility index (Phi) is 5.13. The summed E-state index contributed by atoms with van der Waals surface area (Å²) in [6.07, 6.45) is 1.06. The van der Waals surface area contributed by atoms with Gasteiger partial charge in [0.1, 0.15) is 29.1 Å². The fourth-order valence-electron chi connectivity index (χ4n) is 4.69. The van der Waals surface area contributed by atoms with Crippen molar-refractivity contribution in [2.75, 3.05) is 24.9 Å². The summed E-state index contributed by atoms with van der Waals surface area (Å²) < 4.78 is 17.0. The van der Waals surface area contributed by atoms with E-state index in [4.69, 9.17) is 13.9 Å². The second-order valence-electron chi connectivity index (χ2n) is 8.22. The van der Waals surface area contributed by atoms with Crippen molar-refractivity contribution >= 4 is 17.2 Å². The summed E-state index contributed by atoms with van der Waals surface area (Å²) in [5, 5.41) is 7.08. The average Bonchev–Trinajstić information content (AvgIpc) is 3.16. The summed E-state index contributed by atoms with van der Waals surface area (Å²) in [6.45, 7) is 1.91. The first kappa shape index (κ1) is 20.2. The molecule has 32 heavy (non-hydrogen) atoms. The molecule has 164 valence electrons. The van der Waals surface area contributed by atoms with Crippen LogP contribution in [0.5, 0.6) is 11.5 Å². The fourth-order valence-corrected chi connectivity index (χ4v) is 4.69. The van der Waals surface area contributed by atoms with E-state index in [0.717, 1.165) is 51.2 Å². The Morgan fingerprint density at radius 3 is 2.50 bits per heavy atom. The molecule has 0 saturated heterocycles. The van der Waals surface area contributed by atoms with E-state index in [1.54, 1.807) is 14.2 Å². The van der Waals surface area contributed by atoms with Gasteiger partial charge in [-0.2, -0.15) is 0 Å². The highest BCUT2D eigenvalue weighted by molar-refractivity contribution is 6.01. The first-order chi connectivity index (χ1) is 15.6. The van der Waals surface area contributed by atoms with Gasteiger partial charge in [-0.25, -0.2) is 0 Å². The lowest BCUT2D eigenvalue weighted by Gasteiger charge is -2.29. The van der Waals surface area contributed by atoms with E-state index in [1.165, 1.54) is 0 Å². The van der Waals surface area contributed by atoms with Crippen molar-refractivity contribution in [3.05, 3.63) is 83.0 Å². The second kappa shape index (κ2) is 8.11. The summed E-state index contributed by atoms with van der Waals surface area (Å²) in [5.74, 6) is 3.13. The normalized spacial score (nSPS) is 19.9. The molecule has 0 bridgehead atoms. The molecule has 5 rings (SSSR count). The van der Waals surface area contributed by atoms with Gasteiger partial charge in [-0.15, -0.1) is 0 Å². The summed E-state index contributed by atoms with van der Waals surface area (Å²) in [6, 6.07) is 17.3. The third-order valence-electron chi connectivity index (χ3n) is 6.23. The smallest absolute Gasteiger partial charge is 0.163 e. The number of para-hydroxylation sites is 2. The van der Waals surface area contributed by atoms with Crippen LogP contribution in [0.15, 0.2) is 70.3 Å². The van der Waals surface area contributed by atoms with Gasteiger partial charge in [0.15, 0.2) is 5.78 Å². The van der Waals surface area contributed by atoms with Crippen LogP contribution in [0.2, 0.25) is 0 Å². The maximum absolute atomic E-state index is 13.6. The molecule has 0 radical (unpaired) electrons. The van der Waals surface area contributed by atoms with Crippen LogP contribution in [-0.2, 0) is 4.79 Å². The molecule has 2 heterocycles. The Labute approximate surface area is 187 Å². The third-order valence-corrected chi connectivity index (χ3v) is 6.23. The van der Waals surface area contributed by atoms with Crippen LogP contribution in [0.3, 0.4) is 0 Å². The van der Waals surface area contributed by atoms with Crippen LogP contribution in [0.25, 0.3) is 0 Å². The van der Waals surface area contributed by atoms with Crippen molar-refractivity contribution in [3.63, 3.8) is 0 Å². The van der Waals surface area contributed by atoms with Gasteiger partial charge in [0.05, 0.1) is 25.6 Å². The summed E-state index contributed by atoms with van der Waals surface area (Å²) in [5.41, 5.74) is 4.49. The Balaban J connectivity index is 1.60. The van der Waals surface area contributed by atoms with Gasteiger partial charge in [0.25, 0.3) is 0 Å². The van der Waals surface area contributed by atoms with Crippen LogP contribution in [-0.4, -0.2) is 20.0 Å². The SMILES string of the molecule is COc1ccc(OC)c(C2CC(=O)C3=C(C2)Nc2ccccc2NC3c2ccc(C)o2)c1. The molecule has 1 aliphatic carbocycles. The number of furan rings is 1. The number of ether oxygens (including phenoxy) is 2. The van der Waals surface area contributed by atoms with E-state index in [0.29, 0.717) is 12.8 Å². The summed E-state index contributed by atoms with van der Waals surface area (Å²) in [4.78, 5) is 13.6. The lowest BCUT2D eigenvalue weighted by atomic mass is 9.79. The zero-order valence-corrected chi connectivity index (χ0v) is 18.4. The van der Waals surface area contributed by atoms with Gasteiger partial charge in [0, 0.05) is 29.2 Å². The molecule has 2 aromatic carbocycles. The molecule has 2 aliphatic rings. The highest BCUT2D eigenvalue weighted by Crippen LogP contribution is 2.46. The molecule has 0 amide bonds. The van der Waals surface area contributed by atoms with Crippen LogP contribution < -0.4 is 20.1 Å². The number of Topliss-reactive ketones (excluding diaryl/α,β-unsaturated/α-hetero) is 1. The van der Waals surface area contributed by atoms with Crippen molar-refractivity contribution in [1.82, 2.24) is 0 Å². The molecule has 1 aliphatic heterocycles. The lowest BCUT2D eigenvalue weighted by Crippen LogP contribution is -2.26. The Hall–Kier alpha value is -3.67. The molecule has 0 saturated carbocycles. The maximum atomic E-state index is 13.6. The number of hydrogen-bond donors (Lipinski definition) is 2. The molecular weight excluding hydrogens is 404 g/mol. The lowest BCUT2D eigenvalue weighted by molar-refractivity contribution is -0.116. The van der Waals surface area contributed by atoms with Gasteiger partial charge in [-0.3, -0.25) is 4.79 Å². The second-order valence-corrected chi connectivity index (χ2v) is 8.22. The third kappa shape index (κ3) is 3.51. The molecular formula is C26H26N2O4. The van der Waals surface area contributed by atoms with E-state index < -0.39 is 0 Å². The minimum absolute atomic E-state index is 0.0250. The van der Waals surface area contributed by atoms with Gasteiger partial charge < -0.3 is 24.5 Å². The molecule has 2 atom stereocenters. The predicted octanol–water partition coefficient (Wildman–Crippen LogP) is 5.58. The van der Waals surface area contributed by atoms with E-state index in [-0.39, 0.29) is 17.7 Å². The Bertz CT molecular complexity index is 1210. The minimum atomic E-state index is -0.351. The number of nitrogens with one attached hydrogen (secondary N) is 2. The first-order valence-electron chi connectivity index (χ1n) is 10.7. The molecule has 1 aromatic heterocycles. The molecule has 0 spiro atoms. The number of rotatable bonds is 4. The van der Waals surface area contributed by atoms with Crippen LogP contribution in [0, 0.1) is 6.92 Å². The number of ketones is 1. The molecule has 6 nitrogen and oxygen atoms in total. The molecule has 2 N–H and O–H groups in total. The minimum Gasteiger partial charge on any atom is -0.497 e. The zero-order valence-electron chi connectivity index (χ0n) is 18.4. The van der Waals surface area contributed by atoms with Gasteiger partial charge in [-0.05, 0) is 55.8 Å². The van der Waals surface area contributed by atoms with Crippen molar-refractivity contribution in [2.24, 2.45) is 0 Å². The number of aryl methyl sites for hydroxylation is 1. The molecule has 3 aromatic rings. The van der Waals surface area contributed by atoms with E-state index >= 15 is 0 Å². The van der Waals surface area contributed by atoms with Crippen molar-refractivity contribution in [1.29, 1.82) is 0 Å². The quantitative estimate of drug-likeness (QED) is 0.563. The highest BCUT2D eigenvalue weighted by atomic mass is 16.5. The van der Waals surface area contributed by atoms with Gasteiger partial charge >= 0.3 is 0 Å². The number of anilines is 2. The van der Waals surface area contributed by atoms with Crippen molar-refractivity contribution < 1.29 is 18.7 Å². The number of carbonyl (C=O) groups is 1. The first-order valence-corrected chi connectivity index (χ1v) is 10.7. The fraction of sp³-hybridized carbons (Fsp3) is 0.269. The summed E-state index contributed by atoms with van der Waals surface area (Å²) >= 11 is 0. The monoisotopic (exact) mass is 430 g/mol. The molecule has 6 heteroatoms.